The number of hydrogen-bond acceptors (Lipinski definition) is 2. The second kappa shape index (κ2) is 12.9. The maximum atomic E-state index is 15.2. The van der Waals surface area contributed by atoms with Crippen LogP contribution in [0, 0.1) is 17.1 Å². The minimum absolute atomic E-state index is 0.127. The Morgan fingerprint density at radius 2 is 1.39 bits per heavy atom. The van der Waals surface area contributed by atoms with Crippen LogP contribution in [-0.4, -0.2) is 6.61 Å². The van der Waals surface area contributed by atoms with Crippen molar-refractivity contribution in [3.63, 3.8) is 0 Å². The second-order valence-corrected chi connectivity index (χ2v) is 9.46. The molecule has 0 atom stereocenters. The lowest BCUT2D eigenvalue weighted by molar-refractivity contribution is 0.305. The summed E-state index contributed by atoms with van der Waals surface area (Å²) in [4.78, 5) is 0. The Morgan fingerprint density at radius 3 is 2.11 bits per heavy atom. The lowest BCUT2D eigenvalue weighted by atomic mass is 9.97. The molecule has 3 heteroatoms. The van der Waals surface area contributed by atoms with Crippen molar-refractivity contribution in [1.29, 1.82) is 5.26 Å². The largest absolute Gasteiger partial charge is 0.494 e. The van der Waals surface area contributed by atoms with Gasteiger partial charge in [0.25, 0.3) is 0 Å². The number of halogens is 1. The van der Waals surface area contributed by atoms with E-state index in [1.54, 1.807) is 0 Å². The Balaban J connectivity index is 1.32. The summed E-state index contributed by atoms with van der Waals surface area (Å²) in [6.45, 7) is 3.00. The number of ether oxygens (including phenoxy) is 1. The first kappa shape index (κ1) is 25.5. The highest BCUT2D eigenvalue weighted by atomic mass is 19.1. The third kappa shape index (κ3) is 6.95. The fraction of sp³-hybridized carbons (Fsp3) is 0.303. The van der Waals surface area contributed by atoms with Crippen LogP contribution in [0.4, 0.5) is 4.39 Å². The van der Waals surface area contributed by atoms with E-state index in [1.807, 2.05) is 48.5 Å². The van der Waals surface area contributed by atoms with Crippen molar-refractivity contribution >= 4 is 10.8 Å². The quantitative estimate of drug-likeness (QED) is 0.191. The minimum atomic E-state index is -0.127. The number of nitriles is 1. The Labute approximate surface area is 214 Å². The molecule has 0 unspecified atom stereocenters. The Kier molecular flexibility index (Phi) is 9.11. The van der Waals surface area contributed by atoms with Gasteiger partial charge in [-0.2, -0.15) is 5.26 Å². The lowest BCUT2D eigenvalue weighted by Crippen LogP contribution is -1.98. The van der Waals surface area contributed by atoms with Gasteiger partial charge in [0.2, 0.25) is 0 Å². The molecule has 184 valence electrons. The first-order valence-corrected chi connectivity index (χ1v) is 13.1. The van der Waals surface area contributed by atoms with Gasteiger partial charge in [0.1, 0.15) is 11.6 Å². The van der Waals surface area contributed by atoms with E-state index in [2.05, 4.69) is 43.3 Å². The van der Waals surface area contributed by atoms with Gasteiger partial charge in [-0.05, 0) is 84.0 Å². The molecule has 36 heavy (non-hydrogen) atoms. The van der Waals surface area contributed by atoms with E-state index in [-0.39, 0.29) is 5.82 Å². The van der Waals surface area contributed by atoms with Crippen LogP contribution in [0.15, 0.2) is 78.9 Å². The zero-order valence-electron chi connectivity index (χ0n) is 21.1. The highest BCUT2D eigenvalue weighted by Crippen LogP contribution is 2.25. The van der Waals surface area contributed by atoms with Crippen LogP contribution in [0.2, 0.25) is 0 Å². The summed E-state index contributed by atoms with van der Waals surface area (Å²) < 4.78 is 21.0. The monoisotopic (exact) mass is 479 g/mol. The summed E-state index contributed by atoms with van der Waals surface area (Å²) in [6, 6.07) is 28.0. The van der Waals surface area contributed by atoms with E-state index in [4.69, 9.17) is 10.00 Å². The maximum absolute atomic E-state index is 15.2. The van der Waals surface area contributed by atoms with Gasteiger partial charge in [0.15, 0.2) is 0 Å². The van der Waals surface area contributed by atoms with Gasteiger partial charge in [-0.25, -0.2) is 4.39 Å². The number of fused-ring (bicyclic) bond motifs is 1. The molecule has 0 spiro atoms. The molecule has 4 aromatic rings. The van der Waals surface area contributed by atoms with Crippen LogP contribution in [-0.2, 0) is 25.7 Å². The molecule has 0 aromatic heterocycles. The van der Waals surface area contributed by atoms with Gasteiger partial charge in [-0.3, -0.25) is 0 Å². The van der Waals surface area contributed by atoms with Gasteiger partial charge in [0, 0.05) is 5.39 Å². The average Bonchev–Trinajstić information content (AvgIpc) is 2.92. The molecule has 0 saturated heterocycles. The molecule has 0 aliphatic carbocycles. The van der Waals surface area contributed by atoms with Crippen LogP contribution >= 0.6 is 0 Å². The van der Waals surface area contributed by atoms with Crippen molar-refractivity contribution in [2.45, 2.75) is 58.3 Å². The Hall–Kier alpha value is -3.64. The predicted octanol–water partition coefficient (Wildman–Crippen LogP) is 8.38. The SMILES string of the molecule is CCCCCCOc1ccc(CCc2ccc3c(F)c(CCc4ccc(C#N)cc4)ccc3c2)cc1. The Morgan fingerprint density at radius 1 is 0.722 bits per heavy atom. The number of aryl methyl sites for hydroxylation is 4. The molecule has 0 fully saturated rings. The third-order valence-corrected chi connectivity index (χ3v) is 6.76. The number of hydrogen-bond donors (Lipinski definition) is 0. The molecule has 0 heterocycles. The van der Waals surface area contributed by atoms with Gasteiger partial charge >= 0.3 is 0 Å². The molecule has 0 amide bonds. The molecule has 0 aliphatic heterocycles. The van der Waals surface area contributed by atoms with Crippen LogP contribution in [0.5, 0.6) is 5.75 Å². The topological polar surface area (TPSA) is 33.0 Å². The first-order chi connectivity index (χ1) is 17.7. The molecule has 0 saturated carbocycles. The molecule has 0 aliphatic rings. The smallest absolute Gasteiger partial charge is 0.134 e. The van der Waals surface area contributed by atoms with Gasteiger partial charge < -0.3 is 4.74 Å². The van der Waals surface area contributed by atoms with Crippen LogP contribution in [0.1, 0.15) is 60.4 Å². The van der Waals surface area contributed by atoms with Crippen LogP contribution in [0.25, 0.3) is 10.8 Å². The van der Waals surface area contributed by atoms with Crippen molar-refractivity contribution < 1.29 is 9.13 Å². The zero-order valence-corrected chi connectivity index (χ0v) is 21.1. The van der Waals surface area contributed by atoms with E-state index in [0.29, 0.717) is 17.4 Å². The molecule has 2 nitrogen and oxygen atoms in total. The second-order valence-electron chi connectivity index (χ2n) is 9.46. The number of benzene rings is 4. The summed E-state index contributed by atoms with van der Waals surface area (Å²) >= 11 is 0. The van der Waals surface area contributed by atoms with Crippen molar-refractivity contribution in [1.82, 2.24) is 0 Å². The summed E-state index contributed by atoms with van der Waals surface area (Å²) in [5, 5.41) is 10.6. The summed E-state index contributed by atoms with van der Waals surface area (Å²) in [5.41, 5.74) is 4.97. The van der Waals surface area contributed by atoms with Crippen molar-refractivity contribution in [3.8, 4) is 11.8 Å². The van der Waals surface area contributed by atoms with E-state index >= 15 is 4.39 Å². The van der Waals surface area contributed by atoms with Crippen LogP contribution < -0.4 is 4.74 Å². The molecular formula is C33H34FNO. The lowest BCUT2D eigenvalue weighted by Gasteiger charge is -2.10. The number of unbranched alkanes of at least 4 members (excludes halogenated alkanes) is 3. The molecule has 0 radical (unpaired) electrons. The Bertz CT molecular complexity index is 1300. The van der Waals surface area contributed by atoms with Gasteiger partial charge in [0.05, 0.1) is 18.2 Å². The first-order valence-electron chi connectivity index (χ1n) is 13.1. The van der Waals surface area contributed by atoms with E-state index in [1.165, 1.54) is 30.4 Å². The van der Waals surface area contributed by atoms with Crippen LogP contribution in [0.3, 0.4) is 0 Å². The van der Waals surface area contributed by atoms with E-state index < -0.39 is 0 Å². The number of rotatable bonds is 12. The minimum Gasteiger partial charge on any atom is -0.494 e. The van der Waals surface area contributed by atoms with Gasteiger partial charge in [-0.1, -0.05) is 80.8 Å². The summed E-state index contributed by atoms with van der Waals surface area (Å²) in [7, 11) is 0. The van der Waals surface area contributed by atoms with Gasteiger partial charge in [-0.15, -0.1) is 0 Å². The summed E-state index contributed by atoms with van der Waals surface area (Å²) in [5.74, 6) is 0.810. The summed E-state index contributed by atoms with van der Waals surface area (Å²) in [6.07, 6.45) is 8.07. The van der Waals surface area contributed by atoms with Crippen molar-refractivity contribution in [2.75, 3.05) is 6.61 Å². The fourth-order valence-electron chi connectivity index (χ4n) is 4.52. The number of nitrogens with zero attached hydrogens (tertiary/aromatic N) is 1. The standard InChI is InChI=1S/C33H34FNO/c1-2-3-4-5-22-36-31-19-13-26(14-20-31)6-9-27-15-21-32-30(23-27)18-17-29(33(32)34)16-12-25-7-10-28(24-35)11-8-25/h7-8,10-11,13-15,17-21,23H,2-6,9,12,16,22H2,1H3. The molecule has 0 N–H and O–H groups in total. The molecule has 4 rings (SSSR count). The van der Waals surface area contributed by atoms with Crippen molar-refractivity contribution in [2.24, 2.45) is 0 Å². The average molecular weight is 480 g/mol. The molecular weight excluding hydrogens is 445 g/mol. The zero-order chi connectivity index (χ0) is 25.2. The van der Waals surface area contributed by atoms with E-state index in [0.717, 1.165) is 54.6 Å². The fourth-order valence-corrected chi connectivity index (χ4v) is 4.52. The van der Waals surface area contributed by atoms with E-state index in [9.17, 15) is 0 Å². The highest BCUT2D eigenvalue weighted by molar-refractivity contribution is 5.84. The predicted molar refractivity (Wildman–Crippen MR) is 146 cm³/mol. The third-order valence-electron chi connectivity index (χ3n) is 6.76. The molecule has 4 aromatic carbocycles. The maximum Gasteiger partial charge on any atom is 0.134 e. The van der Waals surface area contributed by atoms with Crippen molar-refractivity contribution in [3.05, 3.63) is 112 Å². The normalized spacial score (nSPS) is 10.9. The molecule has 0 bridgehead atoms. The highest BCUT2D eigenvalue weighted by Gasteiger charge is 2.09.